The van der Waals surface area contributed by atoms with Gasteiger partial charge in [0, 0.05) is 10.7 Å². The van der Waals surface area contributed by atoms with Crippen LogP contribution in [0, 0.1) is 5.92 Å². The van der Waals surface area contributed by atoms with Crippen molar-refractivity contribution in [3.05, 3.63) is 40.7 Å². The van der Waals surface area contributed by atoms with Crippen molar-refractivity contribution in [2.45, 2.75) is 27.2 Å². The molecule has 1 heterocycles. The molecule has 1 aromatic heterocycles. The van der Waals surface area contributed by atoms with Crippen LogP contribution in [0.3, 0.4) is 0 Å². The normalized spacial score (nSPS) is 10.8. The van der Waals surface area contributed by atoms with Gasteiger partial charge in [0.15, 0.2) is 5.69 Å². The molecular formula is C16H20ClN3O2. The van der Waals surface area contributed by atoms with Crippen LogP contribution in [0.4, 0.5) is 5.69 Å². The van der Waals surface area contributed by atoms with Crippen molar-refractivity contribution in [2.75, 3.05) is 11.9 Å². The first-order valence-corrected chi connectivity index (χ1v) is 7.65. The first-order chi connectivity index (χ1) is 10.5. The summed E-state index contributed by atoms with van der Waals surface area (Å²) in [5.41, 5.74) is 1.82. The smallest absolute Gasteiger partial charge is 0.276 e. The van der Waals surface area contributed by atoms with Gasteiger partial charge < -0.3 is 10.1 Å². The van der Waals surface area contributed by atoms with Crippen molar-refractivity contribution < 1.29 is 9.53 Å². The highest BCUT2D eigenvalue weighted by atomic mass is 35.5. The lowest BCUT2D eigenvalue weighted by atomic mass is 10.1. The SMILES string of the molecule is CCOc1ccc(Cl)cc1NC(=O)c1cc(CC(C)C)[nH]n1. The van der Waals surface area contributed by atoms with Gasteiger partial charge in [0.1, 0.15) is 5.75 Å². The summed E-state index contributed by atoms with van der Waals surface area (Å²) in [6.45, 7) is 6.61. The number of rotatable bonds is 6. The van der Waals surface area contributed by atoms with E-state index in [2.05, 4.69) is 29.4 Å². The molecule has 0 radical (unpaired) electrons. The highest BCUT2D eigenvalue weighted by Gasteiger charge is 2.14. The van der Waals surface area contributed by atoms with Crippen LogP contribution < -0.4 is 10.1 Å². The van der Waals surface area contributed by atoms with Crippen LogP contribution >= 0.6 is 11.6 Å². The Morgan fingerprint density at radius 2 is 2.18 bits per heavy atom. The summed E-state index contributed by atoms with van der Waals surface area (Å²) in [5.74, 6) is 0.779. The molecule has 0 aliphatic heterocycles. The Bertz CT molecular complexity index is 653. The molecule has 0 saturated heterocycles. The highest BCUT2D eigenvalue weighted by Crippen LogP contribution is 2.28. The van der Waals surface area contributed by atoms with Crippen molar-refractivity contribution in [2.24, 2.45) is 5.92 Å². The standard InChI is InChI=1S/C16H20ClN3O2/c1-4-22-15-6-5-11(17)8-13(15)18-16(21)14-9-12(19-20-14)7-10(2)3/h5-6,8-10H,4,7H2,1-3H3,(H,18,21)(H,19,20). The second-order valence-corrected chi connectivity index (χ2v) is 5.84. The number of hydrogen-bond donors (Lipinski definition) is 2. The summed E-state index contributed by atoms with van der Waals surface area (Å²) in [6.07, 6.45) is 0.849. The van der Waals surface area contributed by atoms with Crippen LogP contribution in [0.15, 0.2) is 24.3 Å². The van der Waals surface area contributed by atoms with Gasteiger partial charge in [-0.05, 0) is 43.5 Å². The Morgan fingerprint density at radius 1 is 1.41 bits per heavy atom. The third kappa shape index (κ3) is 4.24. The predicted octanol–water partition coefficient (Wildman–Crippen LogP) is 3.91. The molecule has 22 heavy (non-hydrogen) atoms. The molecule has 1 amide bonds. The number of hydrogen-bond acceptors (Lipinski definition) is 3. The van der Waals surface area contributed by atoms with Gasteiger partial charge in [-0.2, -0.15) is 5.10 Å². The number of halogens is 1. The minimum Gasteiger partial charge on any atom is -0.492 e. The molecule has 0 unspecified atom stereocenters. The van der Waals surface area contributed by atoms with Gasteiger partial charge in [-0.15, -0.1) is 0 Å². The summed E-state index contributed by atoms with van der Waals surface area (Å²) < 4.78 is 5.49. The van der Waals surface area contributed by atoms with E-state index in [1.54, 1.807) is 24.3 Å². The van der Waals surface area contributed by atoms with E-state index in [1.807, 2.05) is 6.92 Å². The van der Waals surface area contributed by atoms with Crippen LogP contribution in [-0.2, 0) is 6.42 Å². The van der Waals surface area contributed by atoms with Crippen LogP contribution in [-0.4, -0.2) is 22.7 Å². The molecule has 1 aromatic carbocycles. The van der Waals surface area contributed by atoms with Crippen LogP contribution in [0.25, 0.3) is 0 Å². The van der Waals surface area contributed by atoms with Crippen molar-refractivity contribution in [1.82, 2.24) is 10.2 Å². The lowest BCUT2D eigenvalue weighted by Crippen LogP contribution is -2.13. The van der Waals surface area contributed by atoms with Crippen molar-refractivity contribution in [1.29, 1.82) is 0 Å². The number of aromatic amines is 1. The number of H-pyrrole nitrogens is 1. The van der Waals surface area contributed by atoms with E-state index in [0.29, 0.717) is 34.7 Å². The lowest BCUT2D eigenvalue weighted by Gasteiger charge is -2.11. The maximum atomic E-state index is 12.3. The molecule has 2 rings (SSSR count). The zero-order valence-corrected chi connectivity index (χ0v) is 13.7. The molecule has 0 aliphatic rings. The van der Waals surface area contributed by atoms with Gasteiger partial charge in [-0.25, -0.2) is 0 Å². The largest absolute Gasteiger partial charge is 0.492 e. The van der Waals surface area contributed by atoms with Crippen LogP contribution in [0.5, 0.6) is 5.75 Å². The maximum Gasteiger partial charge on any atom is 0.276 e. The fraction of sp³-hybridized carbons (Fsp3) is 0.375. The minimum atomic E-state index is -0.297. The molecule has 0 fully saturated rings. The van der Waals surface area contributed by atoms with E-state index in [4.69, 9.17) is 16.3 Å². The molecule has 2 N–H and O–H groups in total. The van der Waals surface area contributed by atoms with Gasteiger partial charge in [-0.3, -0.25) is 9.89 Å². The second-order valence-electron chi connectivity index (χ2n) is 5.40. The van der Waals surface area contributed by atoms with E-state index in [0.717, 1.165) is 12.1 Å². The van der Waals surface area contributed by atoms with E-state index in [1.165, 1.54) is 0 Å². The average molecular weight is 322 g/mol. The Balaban J connectivity index is 2.14. The van der Waals surface area contributed by atoms with Crippen molar-refractivity contribution >= 4 is 23.2 Å². The van der Waals surface area contributed by atoms with Crippen molar-refractivity contribution in [3.8, 4) is 5.75 Å². The number of aromatic nitrogens is 2. The Hall–Kier alpha value is -2.01. The summed E-state index contributed by atoms with van der Waals surface area (Å²) in [6, 6.07) is 6.88. The number of nitrogens with one attached hydrogen (secondary N) is 2. The van der Waals surface area contributed by atoms with Gasteiger partial charge in [0.2, 0.25) is 0 Å². The number of nitrogens with zero attached hydrogens (tertiary/aromatic N) is 1. The first-order valence-electron chi connectivity index (χ1n) is 7.27. The van der Waals surface area contributed by atoms with Crippen LogP contribution in [0.1, 0.15) is 37.0 Å². The predicted molar refractivity (Wildman–Crippen MR) is 87.7 cm³/mol. The zero-order valence-electron chi connectivity index (χ0n) is 12.9. The molecule has 0 bridgehead atoms. The number of ether oxygens (including phenoxy) is 1. The number of amides is 1. The number of carbonyl (C=O) groups excluding carboxylic acids is 1. The number of benzene rings is 1. The van der Waals surface area contributed by atoms with Gasteiger partial charge in [0.05, 0.1) is 12.3 Å². The Kier molecular flexibility index (Phi) is 5.44. The molecule has 5 nitrogen and oxygen atoms in total. The van der Waals surface area contributed by atoms with Crippen LogP contribution in [0.2, 0.25) is 5.02 Å². The van der Waals surface area contributed by atoms with E-state index in [9.17, 15) is 4.79 Å². The fourth-order valence-electron chi connectivity index (χ4n) is 2.09. The van der Waals surface area contributed by atoms with E-state index in [-0.39, 0.29) is 5.91 Å². The summed E-state index contributed by atoms with van der Waals surface area (Å²) in [5, 5.41) is 10.3. The summed E-state index contributed by atoms with van der Waals surface area (Å²) in [7, 11) is 0. The molecule has 6 heteroatoms. The topological polar surface area (TPSA) is 67.0 Å². The molecule has 0 aliphatic carbocycles. The van der Waals surface area contributed by atoms with Gasteiger partial charge >= 0.3 is 0 Å². The average Bonchev–Trinajstić information content (AvgIpc) is 2.89. The zero-order chi connectivity index (χ0) is 16.1. The second kappa shape index (κ2) is 7.31. The Morgan fingerprint density at radius 3 is 2.86 bits per heavy atom. The van der Waals surface area contributed by atoms with Crippen molar-refractivity contribution in [3.63, 3.8) is 0 Å². The number of anilines is 1. The van der Waals surface area contributed by atoms with E-state index >= 15 is 0 Å². The third-order valence-electron chi connectivity index (χ3n) is 2.98. The first kappa shape index (κ1) is 16.4. The summed E-state index contributed by atoms with van der Waals surface area (Å²) >= 11 is 5.98. The molecule has 118 valence electrons. The molecule has 0 spiro atoms. The van der Waals surface area contributed by atoms with Gasteiger partial charge in [0.25, 0.3) is 5.91 Å². The number of carbonyl (C=O) groups is 1. The maximum absolute atomic E-state index is 12.3. The Labute approximate surface area is 135 Å². The lowest BCUT2D eigenvalue weighted by molar-refractivity contribution is 0.102. The quantitative estimate of drug-likeness (QED) is 0.847. The molecule has 2 aromatic rings. The fourth-order valence-corrected chi connectivity index (χ4v) is 2.26. The van der Waals surface area contributed by atoms with Gasteiger partial charge in [-0.1, -0.05) is 25.4 Å². The minimum absolute atomic E-state index is 0.297. The molecule has 0 saturated carbocycles. The molecule has 0 atom stereocenters. The summed E-state index contributed by atoms with van der Waals surface area (Å²) in [4.78, 5) is 12.3. The monoisotopic (exact) mass is 321 g/mol. The molecular weight excluding hydrogens is 302 g/mol. The highest BCUT2D eigenvalue weighted by molar-refractivity contribution is 6.31. The van der Waals surface area contributed by atoms with E-state index < -0.39 is 0 Å². The third-order valence-corrected chi connectivity index (χ3v) is 3.22.